The quantitative estimate of drug-likeness (QED) is 0.100. The van der Waals surface area contributed by atoms with Crippen molar-refractivity contribution in [2.45, 2.75) is 74.0 Å². The third-order valence-electron chi connectivity index (χ3n) is 7.49. The number of primary sulfonamides is 1. The van der Waals surface area contributed by atoms with Crippen LogP contribution in [0.4, 0.5) is 5.69 Å². The van der Waals surface area contributed by atoms with Gasteiger partial charge in [0.25, 0.3) is 0 Å². The maximum Gasteiger partial charge on any atom is 0.394 e. The van der Waals surface area contributed by atoms with Crippen LogP contribution in [0.25, 0.3) is 0 Å². The number of rotatable bonds is 7. The van der Waals surface area contributed by atoms with Crippen LogP contribution in [0.3, 0.4) is 0 Å². The highest BCUT2D eigenvalue weighted by atomic mass is 35.5. The Balaban J connectivity index is 0.000000353. The van der Waals surface area contributed by atoms with Gasteiger partial charge in [0, 0.05) is 13.1 Å². The molecule has 19 nitrogen and oxygen atoms in total. The number of halogens is 1. The van der Waals surface area contributed by atoms with Gasteiger partial charge >= 0.3 is 10.4 Å². The number of nitrogens with zero attached hydrogens (tertiary/aromatic N) is 4. The number of aliphatic imine (C=N–C) groups is 2. The molecule has 23 heteroatoms. The molecule has 1 aromatic rings. The molecule has 3 heterocycles. The van der Waals surface area contributed by atoms with E-state index in [0.29, 0.717) is 0 Å². The molecule has 0 unspecified atom stereocenters. The van der Waals surface area contributed by atoms with Crippen LogP contribution in [-0.4, -0.2) is 115 Å². The molecule has 3 aliphatic heterocycles. The molecular weight excluding hydrogens is 738 g/mol. The molecule has 0 aromatic heterocycles. The Morgan fingerprint density at radius 1 is 0.760 bits per heavy atom. The zero-order chi connectivity index (χ0) is 37.8. The molecule has 2 saturated heterocycles. The number of fused-ring (bicyclic) bond motifs is 1. The van der Waals surface area contributed by atoms with E-state index in [1.807, 2.05) is 0 Å². The second-order valence-corrected chi connectivity index (χ2v) is 16.2. The highest BCUT2D eigenvalue weighted by Crippen LogP contribution is 2.32. The van der Waals surface area contributed by atoms with E-state index in [0.717, 1.165) is 32.2 Å². The maximum absolute atomic E-state index is 11.6. The molecule has 0 bridgehead atoms. The Morgan fingerprint density at radius 2 is 1.14 bits per heavy atom. The summed E-state index contributed by atoms with van der Waals surface area (Å²) < 4.78 is 79.5. The van der Waals surface area contributed by atoms with E-state index in [1.54, 1.807) is 0 Å². The van der Waals surface area contributed by atoms with Crippen molar-refractivity contribution >= 4 is 59.7 Å². The van der Waals surface area contributed by atoms with E-state index >= 15 is 0 Å². The number of hydrogen-bond donors (Lipinski definition) is 9. The molecule has 0 saturated carbocycles. The van der Waals surface area contributed by atoms with Gasteiger partial charge in [0.1, 0.15) is 9.79 Å². The van der Waals surface area contributed by atoms with Gasteiger partial charge < -0.3 is 38.1 Å². The first-order valence-corrected chi connectivity index (χ1v) is 21.0. The Bertz CT molecular complexity index is 1490. The molecule has 0 aliphatic carbocycles. The molecule has 290 valence electrons. The second-order valence-electron chi connectivity index (χ2n) is 11.6. The van der Waals surface area contributed by atoms with Gasteiger partial charge in [-0.1, -0.05) is 50.1 Å². The SMILES string of the molecule is NC(N)=NCCN1CCCCCCC1.NC(N)=NCCN1CCCCCCC1.NS(=O)(=O)c1cc2c(cc1Cl)NCNS2(=O)=O.O=S(=O)(O)O. The zero-order valence-electron chi connectivity index (χ0n) is 28.2. The van der Waals surface area contributed by atoms with Crippen LogP contribution in [0, 0.1) is 0 Å². The number of hydrogen-bond acceptors (Lipinski definition) is 11. The van der Waals surface area contributed by atoms with Gasteiger partial charge in [0.05, 0.1) is 30.5 Å². The van der Waals surface area contributed by atoms with Crippen LogP contribution in [0.1, 0.15) is 64.2 Å². The maximum atomic E-state index is 11.6. The van der Waals surface area contributed by atoms with Crippen molar-refractivity contribution in [2.24, 2.45) is 38.1 Å². The predicted octanol–water partition coefficient (Wildman–Crippen LogP) is 0.0477. The summed E-state index contributed by atoms with van der Waals surface area (Å²) in [5.74, 6) is 0.411. The van der Waals surface area contributed by atoms with Crippen molar-refractivity contribution in [3.8, 4) is 0 Å². The summed E-state index contributed by atoms with van der Waals surface area (Å²) >= 11 is 5.72. The van der Waals surface area contributed by atoms with E-state index in [2.05, 4.69) is 29.8 Å². The zero-order valence-corrected chi connectivity index (χ0v) is 31.4. The highest BCUT2D eigenvalue weighted by Gasteiger charge is 2.27. The molecule has 14 N–H and O–H groups in total. The number of benzene rings is 1. The van der Waals surface area contributed by atoms with E-state index in [4.69, 9.17) is 57.2 Å². The minimum Gasteiger partial charge on any atom is -0.370 e. The molecule has 0 amide bonds. The van der Waals surface area contributed by atoms with Crippen molar-refractivity contribution in [3.63, 3.8) is 0 Å². The molecule has 0 radical (unpaired) electrons. The summed E-state index contributed by atoms with van der Waals surface area (Å²) in [6, 6.07) is 2.15. The molecule has 50 heavy (non-hydrogen) atoms. The number of sulfonamides is 2. The molecule has 1 aromatic carbocycles. The predicted molar refractivity (Wildman–Crippen MR) is 196 cm³/mol. The van der Waals surface area contributed by atoms with Crippen molar-refractivity contribution < 1.29 is 34.4 Å². The standard InChI is InChI=1S/2C10H22N4.C7H8ClN3O4S2.H2O4S/c2*11-10(12)13-6-9-14-7-4-2-1-3-5-8-14;8-4-1-5-7(2-6(4)16(9,12)13)17(14,15)11-3-10-5;1-5(2,3)4/h2*1-9H2,(H4,11,12,13);1-2,10-11H,3H2,(H2,9,12,13);(H2,1,2,3,4). The Hall–Kier alpha value is -2.54. The number of nitrogens with one attached hydrogen (secondary N) is 2. The van der Waals surface area contributed by atoms with Gasteiger partial charge in [-0.05, 0) is 64.0 Å². The molecule has 3 aliphatic rings. The first-order valence-electron chi connectivity index (χ1n) is 16.1. The molecule has 0 spiro atoms. The minimum atomic E-state index is -4.67. The number of guanidine groups is 2. The number of anilines is 1. The van der Waals surface area contributed by atoms with E-state index in [1.165, 1.54) is 96.5 Å². The van der Waals surface area contributed by atoms with Gasteiger partial charge in [-0.3, -0.25) is 19.1 Å². The first kappa shape index (κ1) is 45.5. The van der Waals surface area contributed by atoms with E-state index in [9.17, 15) is 16.8 Å². The van der Waals surface area contributed by atoms with Crippen LogP contribution in [-0.2, 0) is 30.4 Å². The summed E-state index contributed by atoms with van der Waals surface area (Å²) in [6.07, 6.45) is 13.6. The van der Waals surface area contributed by atoms with Crippen molar-refractivity contribution in [1.29, 1.82) is 0 Å². The lowest BCUT2D eigenvalue weighted by molar-refractivity contribution is 0.254. The summed E-state index contributed by atoms with van der Waals surface area (Å²) in [5, 5.41) is 7.53. The van der Waals surface area contributed by atoms with Crippen molar-refractivity contribution in [3.05, 3.63) is 17.2 Å². The Kier molecular flexibility index (Phi) is 21.0. The van der Waals surface area contributed by atoms with Crippen molar-refractivity contribution in [2.75, 3.05) is 64.3 Å². The smallest absolute Gasteiger partial charge is 0.370 e. The van der Waals surface area contributed by atoms with E-state index in [-0.39, 0.29) is 34.2 Å². The fourth-order valence-electron chi connectivity index (χ4n) is 5.13. The van der Waals surface area contributed by atoms with Gasteiger partial charge in [0.2, 0.25) is 20.0 Å². The Labute approximate surface area is 301 Å². The summed E-state index contributed by atoms with van der Waals surface area (Å²) in [4.78, 5) is 12.3. The largest absolute Gasteiger partial charge is 0.394 e. The van der Waals surface area contributed by atoms with Crippen LogP contribution < -0.4 is 38.1 Å². The normalized spacial score (nSPS) is 18.4. The van der Waals surface area contributed by atoms with Gasteiger partial charge in [-0.15, -0.1) is 0 Å². The fourth-order valence-corrected chi connectivity index (χ4v) is 7.42. The summed E-state index contributed by atoms with van der Waals surface area (Å²) in [6.45, 7) is 8.32. The third-order valence-corrected chi connectivity index (χ3v) is 10.3. The highest BCUT2D eigenvalue weighted by molar-refractivity contribution is 7.90. The second kappa shape index (κ2) is 23.1. The number of likely N-dealkylation sites (tertiary alicyclic amines) is 2. The third kappa shape index (κ3) is 21.6. The van der Waals surface area contributed by atoms with Crippen LogP contribution in [0.15, 0.2) is 31.9 Å². The van der Waals surface area contributed by atoms with Gasteiger partial charge in [-0.2, -0.15) is 13.1 Å². The lowest BCUT2D eigenvalue weighted by Crippen LogP contribution is -2.34. The molecular formula is C27H54ClN11O8S3. The van der Waals surface area contributed by atoms with E-state index < -0.39 is 35.3 Å². The molecule has 0 atom stereocenters. The van der Waals surface area contributed by atoms with Gasteiger partial charge in [0.15, 0.2) is 11.9 Å². The lowest BCUT2D eigenvalue weighted by Gasteiger charge is -2.23. The average molecular weight is 792 g/mol. The number of nitrogens with two attached hydrogens (primary N) is 5. The summed E-state index contributed by atoms with van der Waals surface area (Å²) in [5.41, 5.74) is 21.3. The topological polar surface area (TPSA) is 328 Å². The molecule has 4 rings (SSSR count). The van der Waals surface area contributed by atoms with Gasteiger partial charge in [-0.25, -0.2) is 22.0 Å². The van der Waals surface area contributed by atoms with Crippen LogP contribution in [0.2, 0.25) is 5.02 Å². The average Bonchev–Trinajstić information content (AvgIpc) is 2.93. The lowest BCUT2D eigenvalue weighted by atomic mass is 10.1. The summed E-state index contributed by atoms with van der Waals surface area (Å²) in [7, 11) is -12.5. The Morgan fingerprint density at radius 3 is 1.50 bits per heavy atom. The van der Waals surface area contributed by atoms with Crippen LogP contribution >= 0.6 is 11.6 Å². The first-order chi connectivity index (χ1) is 23.3. The molecule has 2 fully saturated rings. The fraction of sp³-hybridized carbons (Fsp3) is 0.704. The van der Waals surface area contributed by atoms with Crippen molar-refractivity contribution in [1.82, 2.24) is 14.5 Å². The minimum absolute atomic E-state index is 0.0143. The van der Waals surface area contributed by atoms with Crippen LogP contribution in [0.5, 0.6) is 0 Å². The monoisotopic (exact) mass is 791 g/mol.